The van der Waals surface area contributed by atoms with E-state index in [1.165, 1.54) is 0 Å². The number of rotatable bonds is 6. The molecule has 2 amide bonds. The molecule has 1 aromatic heterocycles. The molecule has 34 heavy (non-hydrogen) atoms. The number of hydrogen-bond acceptors (Lipinski definition) is 4. The third-order valence-electron chi connectivity index (χ3n) is 5.57. The highest BCUT2D eigenvalue weighted by Crippen LogP contribution is 2.45. The third-order valence-corrected chi connectivity index (χ3v) is 5.57. The SMILES string of the molecule is O=C(CCc1ccccc1)NC1(C(F)(F)F)C(=O)Nc2c1c(=O)[nH]c(=O)n2Cc1ccccc1. The number of hydrogen-bond donors (Lipinski definition) is 3. The van der Waals surface area contributed by atoms with E-state index in [0.29, 0.717) is 11.1 Å². The van der Waals surface area contributed by atoms with Gasteiger partial charge in [-0.05, 0) is 17.5 Å². The van der Waals surface area contributed by atoms with Gasteiger partial charge in [0.1, 0.15) is 11.4 Å². The summed E-state index contributed by atoms with van der Waals surface area (Å²) in [6.45, 7) is -0.213. The first kappa shape index (κ1) is 23.0. The van der Waals surface area contributed by atoms with Crippen molar-refractivity contribution < 1.29 is 22.8 Å². The van der Waals surface area contributed by atoms with Crippen LogP contribution in [0.1, 0.15) is 23.1 Å². The topological polar surface area (TPSA) is 113 Å². The Bertz CT molecular complexity index is 1350. The number of fused-ring (bicyclic) bond motifs is 1. The Labute approximate surface area is 190 Å². The summed E-state index contributed by atoms with van der Waals surface area (Å²) in [6, 6.07) is 16.9. The fourth-order valence-electron chi connectivity index (χ4n) is 3.92. The lowest BCUT2D eigenvalue weighted by Gasteiger charge is -2.30. The first-order chi connectivity index (χ1) is 16.1. The van der Waals surface area contributed by atoms with Crippen LogP contribution in [0.3, 0.4) is 0 Å². The predicted octanol–water partition coefficient (Wildman–Crippen LogP) is 2.04. The van der Waals surface area contributed by atoms with Crippen molar-refractivity contribution >= 4 is 17.6 Å². The zero-order valence-corrected chi connectivity index (χ0v) is 17.6. The molecule has 0 spiro atoms. The quantitative estimate of drug-likeness (QED) is 0.510. The molecule has 11 heteroatoms. The van der Waals surface area contributed by atoms with E-state index in [0.717, 1.165) is 4.57 Å². The highest BCUT2D eigenvalue weighted by Gasteiger charge is 2.68. The zero-order valence-electron chi connectivity index (χ0n) is 17.6. The molecule has 176 valence electrons. The van der Waals surface area contributed by atoms with Crippen molar-refractivity contribution in [1.82, 2.24) is 14.9 Å². The van der Waals surface area contributed by atoms with Gasteiger partial charge in [0.2, 0.25) is 11.4 Å². The van der Waals surface area contributed by atoms with Crippen molar-refractivity contribution in [2.24, 2.45) is 0 Å². The van der Waals surface area contributed by atoms with Gasteiger partial charge in [0.15, 0.2) is 0 Å². The van der Waals surface area contributed by atoms with Gasteiger partial charge < -0.3 is 10.6 Å². The Morgan fingerprint density at radius 1 is 0.941 bits per heavy atom. The van der Waals surface area contributed by atoms with Crippen LogP contribution in [0.5, 0.6) is 0 Å². The van der Waals surface area contributed by atoms with Gasteiger partial charge in [0.25, 0.3) is 11.5 Å². The Balaban J connectivity index is 1.76. The minimum absolute atomic E-state index is 0.124. The summed E-state index contributed by atoms with van der Waals surface area (Å²) in [5.41, 5.74) is -5.87. The van der Waals surface area contributed by atoms with Crippen LogP contribution in [-0.2, 0) is 28.1 Å². The minimum atomic E-state index is -5.37. The van der Waals surface area contributed by atoms with Gasteiger partial charge in [0.05, 0.1) is 6.54 Å². The Morgan fingerprint density at radius 3 is 2.12 bits per heavy atom. The lowest BCUT2D eigenvalue weighted by molar-refractivity contribution is -0.200. The molecule has 0 aliphatic carbocycles. The molecular formula is C23H19F3N4O4. The second-order valence-electron chi connectivity index (χ2n) is 7.79. The van der Waals surface area contributed by atoms with Crippen LogP contribution in [0.4, 0.5) is 19.0 Å². The minimum Gasteiger partial charge on any atom is -0.330 e. The molecule has 8 nitrogen and oxygen atoms in total. The standard InChI is InChI=1S/C23H19F3N4O4/c24-23(25,26)22(29-16(31)12-11-14-7-3-1-4-8-14)17-18(27-20(22)33)30(21(34)28-19(17)32)13-15-9-5-2-6-10-15/h1-10H,11-13H2,(H,27,33)(H,29,31)(H,28,32,34). The summed E-state index contributed by atoms with van der Waals surface area (Å²) < 4.78 is 44.0. The van der Waals surface area contributed by atoms with Crippen LogP contribution in [0.15, 0.2) is 70.3 Å². The number of amides is 2. The van der Waals surface area contributed by atoms with Crippen LogP contribution in [0, 0.1) is 0 Å². The molecule has 2 heterocycles. The van der Waals surface area contributed by atoms with E-state index in [1.807, 2.05) is 10.3 Å². The van der Waals surface area contributed by atoms with Crippen LogP contribution < -0.4 is 21.9 Å². The maximum absolute atomic E-state index is 14.4. The van der Waals surface area contributed by atoms with Crippen LogP contribution >= 0.6 is 0 Å². The fraction of sp³-hybridized carbons (Fsp3) is 0.217. The lowest BCUT2D eigenvalue weighted by Crippen LogP contribution is -2.62. The van der Waals surface area contributed by atoms with E-state index >= 15 is 0 Å². The van der Waals surface area contributed by atoms with E-state index in [1.54, 1.807) is 66.0 Å². The van der Waals surface area contributed by atoms with Gasteiger partial charge >= 0.3 is 11.9 Å². The summed E-state index contributed by atoms with van der Waals surface area (Å²) in [4.78, 5) is 52.2. The van der Waals surface area contributed by atoms with E-state index in [-0.39, 0.29) is 19.4 Å². The molecule has 1 atom stereocenters. The molecule has 4 rings (SSSR count). The zero-order chi connectivity index (χ0) is 24.5. The lowest BCUT2D eigenvalue weighted by atomic mass is 9.91. The first-order valence-corrected chi connectivity index (χ1v) is 10.3. The summed E-state index contributed by atoms with van der Waals surface area (Å²) in [5, 5.41) is 3.76. The number of carbonyl (C=O) groups excluding carboxylic acids is 2. The molecule has 3 aromatic rings. The highest BCUT2D eigenvalue weighted by atomic mass is 19.4. The molecule has 0 saturated heterocycles. The molecular weight excluding hydrogens is 453 g/mol. The number of anilines is 1. The number of H-pyrrole nitrogens is 1. The normalized spacial score (nSPS) is 17.2. The summed E-state index contributed by atoms with van der Waals surface area (Å²) >= 11 is 0. The number of carbonyl (C=O) groups is 2. The van der Waals surface area contributed by atoms with Crippen LogP contribution in [0.2, 0.25) is 0 Å². The second-order valence-corrected chi connectivity index (χ2v) is 7.79. The smallest absolute Gasteiger partial charge is 0.330 e. The second kappa shape index (κ2) is 8.65. The monoisotopic (exact) mass is 472 g/mol. The molecule has 1 aliphatic rings. The van der Waals surface area contributed by atoms with Crippen LogP contribution in [-0.4, -0.2) is 27.5 Å². The average Bonchev–Trinajstić information content (AvgIpc) is 3.10. The first-order valence-electron chi connectivity index (χ1n) is 10.3. The molecule has 0 saturated carbocycles. The van der Waals surface area contributed by atoms with E-state index in [9.17, 15) is 32.3 Å². The van der Waals surface area contributed by atoms with Crippen molar-refractivity contribution in [1.29, 1.82) is 0 Å². The third kappa shape index (κ3) is 4.00. The highest BCUT2D eigenvalue weighted by molar-refractivity contribution is 6.07. The van der Waals surface area contributed by atoms with Gasteiger partial charge in [-0.15, -0.1) is 0 Å². The van der Waals surface area contributed by atoms with Gasteiger partial charge in [0, 0.05) is 6.42 Å². The van der Waals surface area contributed by atoms with Gasteiger partial charge in [-0.1, -0.05) is 60.7 Å². The predicted molar refractivity (Wildman–Crippen MR) is 116 cm³/mol. The molecule has 3 N–H and O–H groups in total. The van der Waals surface area contributed by atoms with Crippen LogP contribution in [0.25, 0.3) is 0 Å². The molecule has 2 aromatic carbocycles. The summed E-state index contributed by atoms with van der Waals surface area (Å²) in [6.07, 6.45) is -5.60. The molecule has 0 radical (unpaired) electrons. The Morgan fingerprint density at radius 2 is 1.53 bits per heavy atom. The number of nitrogens with zero attached hydrogens (tertiary/aromatic N) is 1. The van der Waals surface area contributed by atoms with Crippen molar-refractivity contribution in [2.45, 2.75) is 31.1 Å². The number of aromatic amines is 1. The van der Waals surface area contributed by atoms with Crippen molar-refractivity contribution in [3.63, 3.8) is 0 Å². The number of nitrogens with one attached hydrogen (secondary N) is 3. The van der Waals surface area contributed by atoms with Crippen molar-refractivity contribution in [2.75, 3.05) is 5.32 Å². The van der Waals surface area contributed by atoms with E-state index in [4.69, 9.17) is 0 Å². The van der Waals surface area contributed by atoms with E-state index < -0.39 is 46.2 Å². The maximum Gasteiger partial charge on any atom is 0.425 e. The van der Waals surface area contributed by atoms with Gasteiger partial charge in [-0.25, -0.2) is 4.79 Å². The number of alkyl halides is 3. The average molecular weight is 472 g/mol. The fourth-order valence-corrected chi connectivity index (χ4v) is 3.92. The number of aromatic nitrogens is 2. The van der Waals surface area contributed by atoms with E-state index in [2.05, 4.69) is 0 Å². The largest absolute Gasteiger partial charge is 0.425 e. The summed E-state index contributed by atoms with van der Waals surface area (Å²) in [7, 11) is 0. The molecule has 1 unspecified atom stereocenters. The molecule has 0 fully saturated rings. The van der Waals surface area contributed by atoms with Crippen molar-refractivity contribution in [3.05, 3.63) is 98.2 Å². The van der Waals surface area contributed by atoms with Crippen molar-refractivity contribution in [3.8, 4) is 0 Å². The number of benzene rings is 2. The summed E-state index contributed by atoms with van der Waals surface area (Å²) in [5.74, 6) is -3.35. The number of halogens is 3. The number of aryl methyl sites for hydroxylation is 1. The maximum atomic E-state index is 14.4. The Kier molecular flexibility index (Phi) is 5.86. The van der Waals surface area contributed by atoms with Gasteiger partial charge in [-0.2, -0.15) is 13.2 Å². The van der Waals surface area contributed by atoms with Gasteiger partial charge in [-0.3, -0.25) is 23.9 Å². The molecule has 1 aliphatic heterocycles. The molecule has 0 bridgehead atoms. The Hall–Kier alpha value is -4.15.